The van der Waals surface area contributed by atoms with Crippen molar-refractivity contribution >= 4 is 28.8 Å². The summed E-state index contributed by atoms with van der Waals surface area (Å²) >= 11 is 0. The molecule has 0 radical (unpaired) electrons. The van der Waals surface area contributed by atoms with Crippen molar-refractivity contribution in [1.29, 1.82) is 0 Å². The Balaban J connectivity index is 1.34. The minimum atomic E-state index is -0.364. The number of nitrogens with zero attached hydrogens (tertiary/aromatic N) is 7. The Bertz CT molecular complexity index is 1450. The van der Waals surface area contributed by atoms with Gasteiger partial charge in [-0.25, -0.2) is 19.6 Å². The summed E-state index contributed by atoms with van der Waals surface area (Å²) in [6.45, 7) is 0.655. The zero-order valence-corrected chi connectivity index (χ0v) is 18.7. The van der Waals surface area contributed by atoms with E-state index in [1.807, 2.05) is 42.4 Å². The second-order valence-electron chi connectivity index (χ2n) is 7.66. The van der Waals surface area contributed by atoms with Crippen LogP contribution in [0.15, 0.2) is 67.6 Å². The van der Waals surface area contributed by atoms with Crippen LogP contribution in [0.1, 0.15) is 5.56 Å². The van der Waals surface area contributed by atoms with E-state index in [2.05, 4.69) is 49.0 Å². The molecular formula is C23H23N9O2. The third-order valence-electron chi connectivity index (χ3n) is 5.37. The average Bonchev–Trinajstić information content (AvgIpc) is 3.59. The van der Waals surface area contributed by atoms with Gasteiger partial charge in [0.1, 0.15) is 18.7 Å². The van der Waals surface area contributed by atoms with Crippen LogP contribution >= 0.6 is 0 Å². The van der Waals surface area contributed by atoms with Crippen LogP contribution in [-0.2, 0) is 29.7 Å². The van der Waals surface area contributed by atoms with Crippen LogP contribution < -0.4 is 10.7 Å². The Morgan fingerprint density at radius 2 is 2.03 bits per heavy atom. The predicted octanol–water partition coefficient (Wildman–Crippen LogP) is 2.69. The summed E-state index contributed by atoms with van der Waals surface area (Å²) in [6, 6.07) is 10.2. The van der Waals surface area contributed by atoms with E-state index < -0.39 is 0 Å². The molecule has 34 heavy (non-hydrogen) atoms. The number of aryl methyl sites for hydroxylation is 1. The zero-order chi connectivity index (χ0) is 23.5. The van der Waals surface area contributed by atoms with Crippen molar-refractivity contribution in [3.8, 4) is 11.1 Å². The van der Waals surface area contributed by atoms with Crippen LogP contribution in [0.3, 0.4) is 0 Å². The maximum Gasteiger partial charge on any atom is 0.325 e. The molecule has 0 amide bonds. The van der Waals surface area contributed by atoms with Crippen molar-refractivity contribution in [3.63, 3.8) is 0 Å². The van der Waals surface area contributed by atoms with Gasteiger partial charge in [0.2, 0.25) is 5.95 Å². The topological polar surface area (TPSA) is 117 Å². The first-order chi connectivity index (χ1) is 16.6. The Hall–Kier alpha value is -4.67. The molecule has 4 heterocycles. The van der Waals surface area contributed by atoms with Gasteiger partial charge in [0, 0.05) is 37.4 Å². The highest BCUT2D eigenvalue weighted by molar-refractivity contribution is 5.89. The van der Waals surface area contributed by atoms with Crippen molar-refractivity contribution < 1.29 is 9.53 Å². The van der Waals surface area contributed by atoms with Crippen LogP contribution in [0.4, 0.5) is 11.8 Å². The first-order valence-corrected chi connectivity index (χ1v) is 10.6. The molecule has 11 heteroatoms. The highest BCUT2D eigenvalue weighted by Gasteiger charge is 2.13. The molecule has 0 bridgehead atoms. The number of hydrogen-bond acceptors (Lipinski definition) is 8. The number of imidazole rings is 1. The summed E-state index contributed by atoms with van der Waals surface area (Å²) in [4.78, 5) is 24.7. The van der Waals surface area contributed by atoms with Crippen molar-refractivity contribution in [2.75, 3.05) is 17.9 Å². The standard InChI is InChI=1S/C23H23N9O2/c1-30-13-18(12-27-30)17-5-3-4-16(10-17)11-28-32-8-6-19-21(25-15-26-22(19)32)29-23-24-7-9-31(23)14-20(33)34-2/h3-10,12-13,15,28H,11,14H2,1-2H3,(H,24,25,26,29). The van der Waals surface area contributed by atoms with Gasteiger partial charge in [-0.15, -0.1) is 0 Å². The minimum absolute atomic E-state index is 0.0493. The highest BCUT2D eigenvalue weighted by atomic mass is 16.5. The number of ether oxygens (including phenoxy) is 1. The molecule has 0 saturated heterocycles. The lowest BCUT2D eigenvalue weighted by Crippen LogP contribution is -2.14. The number of rotatable bonds is 8. The number of anilines is 2. The Morgan fingerprint density at radius 3 is 2.85 bits per heavy atom. The third-order valence-corrected chi connectivity index (χ3v) is 5.37. The molecule has 0 saturated carbocycles. The molecule has 0 aliphatic carbocycles. The van der Waals surface area contributed by atoms with E-state index in [0.717, 1.165) is 22.1 Å². The number of methoxy groups -OCH3 is 1. The molecule has 0 fully saturated rings. The highest BCUT2D eigenvalue weighted by Crippen LogP contribution is 2.23. The second kappa shape index (κ2) is 9.06. The van der Waals surface area contributed by atoms with E-state index in [4.69, 9.17) is 4.74 Å². The van der Waals surface area contributed by atoms with Crippen LogP contribution in [0.25, 0.3) is 22.2 Å². The van der Waals surface area contributed by atoms with Crippen LogP contribution in [0, 0.1) is 0 Å². The summed E-state index contributed by atoms with van der Waals surface area (Å²) in [7, 11) is 3.26. The third kappa shape index (κ3) is 4.31. The Labute approximate surface area is 195 Å². The number of esters is 1. The Morgan fingerprint density at radius 1 is 1.12 bits per heavy atom. The first kappa shape index (κ1) is 21.2. The molecule has 0 unspecified atom stereocenters. The van der Waals surface area contributed by atoms with Gasteiger partial charge in [-0.05, 0) is 23.3 Å². The van der Waals surface area contributed by atoms with Gasteiger partial charge in [-0.2, -0.15) is 5.10 Å². The number of fused-ring (bicyclic) bond motifs is 1. The summed E-state index contributed by atoms with van der Waals surface area (Å²) in [5.74, 6) is 0.705. The summed E-state index contributed by atoms with van der Waals surface area (Å²) in [5, 5.41) is 8.25. The minimum Gasteiger partial charge on any atom is -0.468 e. The average molecular weight is 457 g/mol. The molecule has 5 rings (SSSR count). The number of benzene rings is 1. The maximum atomic E-state index is 11.7. The van der Waals surface area contributed by atoms with E-state index in [0.29, 0.717) is 24.0 Å². The fraction of sp³-hybridized carbons (Fsp3) is 0.174. The van der Waals surface area contributed by atoms with Crippen LogP contribution in [0.2, 0.25) is 0 Å². The van der Waals surface area contributed by atoms with Crippen molar-refractivity contribution in [1.82, 2.24) is 34.0 Å². The lowest BCUT2D eigenvalue weighted by molar-refractivity contribution is -0.141. The molecular weight excluding hydrogens is 434 g/mol. The smallest absolute Gasteiger partial charge is 0.325 e. The van der Waals surface area contributed by atoms with Gasteiger partial charge >= 0.3 is 5.97 Å². The predicted molar refractivity (Wildman–Crippen MR) is 127 cm³/mol. The molecule has 1 aromatic carbocycles. The normalized spacial score (nSPS) is 11.0. The van der Waals surface area contributed by atoms with Crippen molar-refractivity contribution in [3.05, 3.63) is 73.2 Å². The van der Waals surface area contributed by atoms with Gasteiger partial charge < -0.3 is 20.0 Å². The molecule has 0 spiro atoms. The molecule has 0 aliphatic rings. The number of carbonyl (C=O) groups is 1. The molecule has 11 nitrogen and oxygen atoms in total. The van der Waals surface area contributed by atoms with E-state index >= 15 is 0 Å². The summed E-state index contributed by atoms with van der Waals surface area (Å²) in [5.41, 5.74) is 7.42. The lowest BCUT2D eigenvalue weighted by Gasteiger charge is -2.11. The molecule has 172 valence electrons. The summed E-state index contributed by atoms with van der Waals surface area (Å²) in [6.07, 6.45) is 10.5. The number of hydrogen-bond donors (Lipinski definition) is 2. The van der Waals surface area contributed by atoms with Crippen LogP contribution in [0.5, 0.6) is 0 Å². The van der Waals surface area contributed by atoms with E-state index in [1.165, 1.54) is 13.4 Å². The van der Waals surface area contributed by atoms with Gasteiger partial charge in [-0.1, -0.05) is 18.2 Å². The fourth-order valence-corrected chi connectivity index (χ4v) is 3.66. The van der Waals surface area contributed by atoms with E-state index in [1.54, 1.807) is 21.6 Å². The van der Waals surface area contributed by atoms with Gasteiger partial charge in [0.25, 0.3) is 0 Å². The van der Waals surface area contributed by atoms with Crippen molar-refractivity contribution in [2.45, 2.75) is 13.1 Å². The molecule has 0 atom stereocenters. The van der Waals surface area contributed by atoms with Crippen molar-refractivity contribution in [2.24, 2.45) is 7.05 Å². The number of nitrogens with one attached hydrogen (secondary N) is 2. The van der Waals surface area contributed by atoms with Gasteiger partial charge in [0.15, 0.2) is 5.65 Å². The maximum absolute atomic E-state index is 11.7. The fourth-order valence-electron chi connectivity index (χ4n) is 3.66. The first-order valence-electron chi connectivity index (χ1n) is 10.6. The van der Waals surface area contributed by atoms with E-state index in [9.17, 15) is 4.79 Å². The molecule has 2 N–H and O–H groups in total. The molecule has 0 aliphatic heterocycles. The lowest BCUT2D eigenvalue weighted by atomic mass is 10.1. The zero-order valence-electron chi connectivity index (χ0n) is 18.7. The number of carbonyl (C=O) groups excluding carboxylic acids is 1. The molecule has 4 aromatic heterocycles. The van der Waals surface area contributed by atoms with E-state index in [-0.39, 0.29) is 12.5 Å². The van der Waals surface area contributed by atoms with Crippen LogP contribution in [-0.4, -0.2) is 47.1 Å². The quantitative estimate of drug-likeness (QED) is 0.342. The largest absolute Gasteiger partial charge is 0.468 e. The van der Waals surface area contributed by atoms with Gasteiger partial charge in [0.05, 0.1) is 25.2 Å². The second-order valence-corrected chi connectivity index (χ2v) is 7.66. The SMILES string of the molecule is COC(=O)Cn1ccnc1Nc1ncnc2c1ccn2NCc1cccc(-c2cnn(C)c2)c1. The number of aromatic nitrogens is 7. The Kier molecular flexibility index (Phi) is 5.65. The molecule has 5 aromatic rings. The summed E-state index contributed by atoms with van der Waals surface area (Å²) < 4.78 is 10.1. The monoisotopic (exact) mass is 457 g/mol. The van der Waals surface area contributed by atoms with Gasteiger partial charge in [-0.3, -0.25) is 9.48 Å².